The van der Waals surface area contributed by atoms with E-state index in [-0.39, 0.29) is 22.6 Å². The Morgan fingerprint density at radius 3 is 2.56 bits per heavy atom. The highest BCUT2D eigenvalue weighted by Crippen LogP contribution is 2.21. The molecule has 2 aromatic heterocycles. The minimum Gasteiger partial charge on any atom is -0.353 e. The van der Waals surface area contributed by atoms with E-state index < -0.39 is 10.0 Å². The molecule has 2 rings (SSSR count). The number of aromatic nitrogens is 3. The van der Waals surface area contributed by atoms with Gasteiger partial charge in [0.1, 0.15) is 0 Å². The van der Waals surface area contributed by atoms with Gasteiger partial charge in [0.25, 0.3) is 0 Å². The minimum atomic E-state index is -3.57. The number of nitrogens with one attached hydrogen (secondary N) is 1. The van der Waals surface area contributed by atoms with Crippen LogP contribution in [0, 0.1) is 0 Å². The molecule has 0 aliphatic carbocycles. The van der Waals surface area contributed by atoms with Crippen LogP contribution in [0.2, 0.25) is 0 Å². The third-order valence-corrected chi connectivity index (χ3v) is 6.45. The fraction of sp³-hybridized carbons (Fsp3) is 0.533. The number of amides is 1. The molecular formula is C15H23N5O3S2. The number of thioether (sulfide) groups is 1. The first-order valence-electron chi connectivity index (χ1n) is 8.06. The maximum atomic E-state index is 12.7. The Morgan fingerprint density at radius 1 is 1.28 bits per heavy atom. The Balaban J connectivity index is 2.29. The standard InChI is InChI=1S/C15H23N5O3S2/c1-5-19(6-2)25(22,23)12-7-8-13-17-18-15(20(13)9-12)24-10-14(21)16-11(3)4/h7-9,11H,5-6,10H2,1-4H3,(H,16,21). The average Bonchev–Trinajstić information content (AvgIpc) is 2.95. The number of nitrogens with zero attached hydrogens (tertiary/aromatic N) is 4. The second-order valence-corrected chi connectivity index (χ2v) is 8.56. The van der Waals surface area contributed by atoms with E-state index in [0.29, 0.717) is 23.9 Å². The van der Waals surface area contributed by atoms with Crippen LogP contribution in [0.5, 0.6) is 0 Å². The zero-order valence-corrected chi connectivity index (χ0v) is 16.4. The van der Waals surface area contributed by atoms with E-state index >= 15 is 0 Å². The summed E-state index contributed by atoms with van der Waals surface area (Å²) in [5.74, 6) is 0.0788. The molecule has 0 aliphatic rings. The molecule has 0 saturated carbocycles. The molecule has 0 saturated heterocycles. The van der Waals surface area contributed by atoms with Crippen molar-refractivity contribution in [2.24, 2.45) is 0 Å². The molecule has 8 nitrogen and oxygen atoms in total. The summed E-state index contributed by atoms with van der Waals surface area (Å²) in [4.78, 5) is 12.0. The highest BCUT2D eigenvalue weighted by Gasteiger charge is 2.22. The molecule has 1 amide bonds. The molecule has 0 fully saturated rings. The number of pyridine rings is 1. The Bertz CT molecular complexity index is 844. The van der Waals surface area contributed by atoms with Gasteiger partial charge in [0.2, 0.25) is 15.9 Å². The van der Waals surface area contributed by atoms with Crippen molar-refractivity contribution < 1.29 is 13.2 Å². The van der Waals surface area contributed by atoms with Crippen molar-refractivity contribution in [1.82, 2.24) is 24.2 Å². The van der Waals surface area contributed by atoms with E-state index in [1.165, 1.54) is 28.3 Å². The highest BCUT2D eigenvalue weighted by atomic mass is 32.2. The van der Waals surface area contributed by atoms with Crippen LogP contribution in [0.1, 0.15) is 27.7 Å². The number of carbonyl (C=O) groups is 1. The lowest BCUT2D eigenvalue weighted by Gasteiger charge is -2.18. The molecule has 2 aromatic rings. The molecule has 0 spiro atoms. The van der Waals surface area contributed by atoms with E-state index in [0.717, 1.165) is 0 Å². The van der Waals surface area contributed by atoms with E-state index in [9.17, 15) is 13.2 Å². The summed E-state index contributed by atoms with van der Waals surface area (Å²) in [5, 5.41) is 11.3. The number of hydrogen-bond donors (Lipinski definition) is 1. The van der Waals surface area contributed by atoms with Gasteiger partial charge in [-0.2, -0.15) is 4.31 Å². The zero-order valence-electron chi connectivity index (χ0n) is 14.8. The van der Waals surface area contributed by atoms with Crippen molar-refractivity contribution in [3.8, 4) is 0 Å². The van der Waals surface area contributed by atoms with Gasteiger partial charge in [0.05, 0.1) is 10.6 Å². The Labute approximate surface area is 152 Å². The summed E-state index contributed by atoms with van der Waals surface area (Å²) in [7, 11) is -3.57. The minimum absolute atomic E-state index is 0.0639. The van der Waals surface area contributed by atoms with Crippen molar-refractivity contribution >= 4 is 33.3 Å². The molecule has 0 aromatic carbocycles. The van der Waals surface area contributed by atoms with Crippen molar-refractivity contribution in [1.29, 1.82) is 0 Å². The molecule has 1 N–H and O–H groups in total. The molecule has 0 bridgehead atoms. The van der Waals surface area contributed by atoms with Crippen LogP contribution in [0.25, 0.3) is 5.65 Å². The van der Waals surface area contributed by atoms with Gasteiger partial charge in [-0.25, -0.2) is 8.42 Å². The quantitative estimate of drug-likeness (QED) is 0.690. The van der Waals surface area contributed by atoms with Crippen LogP contribution in [-0.4, -0.2) is 58.1 Å². The van der Waals surface area contributed by atoms with Crippen LogP contribution in [0.4, 0.5) is 0 Å². The third kappa shape index (κ3) is 4.50. The monoisotopic (exact) mass is 385 g/mol. The summed E-state index contributed by atoms with van der Waals surface area (Å²) in [6, 6.07) is 3.20. The predicted molar refractivity (Wildman–Crippen MR) is 97.1 cm³/mol. The largest absolute Gasteiger partial charge is 0.353 e. The lowest BCUT2D eigenvalue weighted by Crippen LogP contribution is -2.31. The van der Waals surface area contributed by atoms with Crippen LogP contribution in [-0.2, 0) is 14.8 Å². The van der Waals surface area contributed by atoms with Crippen LogP contribution in [0.15, 0.2) is 28.4 Å². The number of fused-ring (bicyclic) bond motifs is 1. The fourth-order valence-electron chi connectivity index (χ4n) is 2.31. The Morgan fingerprint density at radius 2 is 1.96 bits per heavy atom. The maximum Gasteiger partial charge on any atom is 0.244 e. The second kappa shape index (κ2) is 8.15. The first kappa shape index (κ1) is 19.7. The lowest BCUT2D eigenvalue weighted by molar-refractivity contribution is -0.119. The molecule has 10 heteroatoms. The van der Waals surface area contributed by atoms with Gasteiger partial charge in [-0.05, 0) is 26.0 Å². The molecule has 0 unspecified atom stereocenters. The van der Waals surface area contributed by atoms with E-state index in [1.54, 1.807) is 24.3 Å². The molecule has 2 heterocycles. The van der Waals surface area contributed by atoms with Gasteiger partial charge in [-0.15, -0.1) is 10.2 Å². The summed E-state index contributed by atoms with van der Waals surface area (Å²) in [6.07, 6.45) is 1.51. The Kier molecular flexibility index (Phi) is 6.42. The number of carbonyl (C=O) groups excluding carboxylic acids is 1. The van der Waals surface area contributed by atoms with E-state index in [4.69, 9.17) is 0 Å². The van der Waals surface area contributed by atoms with Gasteiger partial charge < -0.3 is 5.32 Å². The topological polar surface area (TPSA) is 96.7 Å². The van der Waals surface area contributed by atoms with Crippen LogP contribution >= 0.6 is 11.8 Å². The molecular weight excluding hydrogens is 362 g/mol. The van der Waals surface area contributed by atoms with Crippen molar-refractivity contribution in [2.45, 2.75) is 43.8 Å². The summed E-state index contributed by atoms with van der Waals surface area (Å²) in [5.41, 5.74) is 0.533. The zero-order chi connectivity index (χ0) is 18.6. The van der Waals surface area contributed by atoms with Crippen molar-refractivity contribution in [2.75, 3.05) is 18.8 Å². The third-order valence-electron chi connectivity index (χ3n) is 3.47. The van der Waals surface area contributed by atoms with Gasteiger partial charge in [-0.1, -0.05) is 25.6 Å². The first-order valence-corrected chi connectivity index (χ1v) is 10.5. The van der Waals surface area contributed by atoms with Gasteiger partial charge in [0, 0.05) is 25.3 Å². The fourth-order valence-corrected chi connectivity index (χ4v) is 4.49. The van der Waals surface area contributed by atoms with Crippen molar-refractivity contribution in [3.05, 3.63) is 18.3 Å². The highest BCUT2D eigenvalue weighted by molar-refractivity contribution is 7.99. The SMILES string of the molecule is CCN(CC)S(=O)(=O)c1ccc2nnc(SCC(=O)NC(C)C)n2c1. The molecule has 25 heavy (non-hydrogen) atoms. The van der Waals surface area contributed by atoms with Crippen molar-refractivity contribution in [3.63, 3.8) is 0 Å². The van der Waals surface area contributed by atoms with Gasteiger partial charge in [-0.3, -0.25) is 9.20 Å². The summed E-state index contributed by atoms with van der Waals surface area (Å²) in [6.45, 7) is 8.17. The number of rotatable bonds is 8. The second-order valence-electron chi connectivity index (χ2n) is 5.68. The summed E-state index contributed by atoms with van der Waals surface area (Å²) < 4.78 is 28.3. The molecule has 0 aliphatic heterocycles. The van der Waals surface area contributed by atoms with Gasteiger partial charge in [0.15, 0.2) is 10.8 Å². The van der Waals surface area contributed by atoms with Crippen LogP contribution < -0.4 is 5.32 Å². The van der Waals surface area contributed by atoms with Gasteiger partial charge >= 0.3 is 0 Å². The maximum absolute atomic E-state index is 12.7. The number of hydrogen-bond acceptors (Lipinski definition) is 6. The molecule has 0 radical (unpaired) electrons. The van der Waals surface area contributed by atoms with E-state index in [1.807, 2.05) is 13.8 Å². The average molecular weight is 386 g/mol. The Hall–Kier alpha value is -1.65. The predicted octanol–water partition coefficient (Wildman–Crippen LogP) is 1.38. The normalized spacial score (nSPS) is 12.2. The molecule has 0 atom stereocenters. The first-order chi connectivity index (χ1) is 11.8. The summed E-state index contributed by atoms with van der Waals surface area (Å²) >= 11 is 1.21. The smallest absolute Gasteiger partial charge is 0.244 e. The lowest BCUT2D eigenvalue weighted by atomic mass is 10.4. The molecule has 138 valence electrons. The van der Waals surface area contributed by atoms with Crippen LogP contribution in [0.3, 0.4) is 0 Å². The number of sulfonamides is 1. The van der Waals surface area contributed by atoms with E-state index in [2.05, 4.69) is 15.5 Å².